The molecule has 18 heavy (non-hydrogen) atoms. The number of imidazole rings is 1. The van der Waals surface area contributed by atoms with Crippen molar-refractivity contribution < 1.29 is 9.90 Å². The molecule has 0 spiro atoms. The van der Waals surface area contributed by atoms with Gasteiger partial charge in [-0.3, -0.25) is 4.79 Å². The third kappa shape index (κ3) is 2.88. The Morgan fingerprint density at radius 2 is 2.11 bits per heavy atom. The molecule has 0 saturated carbocycles. The van der Waals surface area contributed by atoms with Crippen LogP contribution in [0, 0.1) is 0 Å². The van der Waals surface area contributed by atoms with E-state index in [1.54, 1.807) is 11.1 Å². The fraction of sp³-hybridized carbons (Fsp3) is 0.231. The third-order valence-corrected chi connectivity index (χ3v) is 2.70. The summed E-state index contributed by atoms with van der Waals surface area (Å²) in [6.07, 6.45) is 3.55. The maximum absolute atomic E-state index is 10.9. The average Bonchev–Trinajstić information content (AvgIpc) is 2.75. The number of rotatable bonds is 5. The molecule has 94 valence electrons. The van der Waals surface area contributed by atoms with E-state index in [-0.39, 0.29) is 6.54 Å². The van der Waals surface area contributed by atoms with Crippen LogP contribution < -0.4 is 4.90 Å². The van der Waals surface area contributed by atoms with Gasteiger partial charge >= 0.3 is 5.97 Å². The molecular formula is C13H15N3O2. The SMILES string of the molecule is Cn1ccnc1CN(CC(=O)O)c1ccccc1. The Balaban J connectivity index is 2.21. The summed E-state index contributed by atoms with van der Waals surface area (Å²) >= 11 is 0. The van der Waals surface area contributed by atoms with Crippen LogP contribution in [-0.2, 0) is 18.4 Å². The number of hydrogen-bond donors (Lipinski definition) is 1. The van der Waals surface area contributed by atoms with Gasteiger partial charge in [0.2, 0.25) is 0 Å². The van der Waals surface area contributed by atoms with Gasteiger partial charge in [0.25, 0.3) is 0 Å². The molecule has 0 radical (unpaired) electrons. The lowest BCUT2D eigenvalue weighted by Gasteiger charge is -2.22. The zero-order valence-electron chi connectivity index (χ0n) is 10.2. The predicted octanol–water partition coefficient (Wildman–Crippen LogP) is 1.51. The molecule has 5 nitrogen and oxygen atoms in total. The minimum Gasteiger partial charge on any atom is -0.480 e. The zero-order chi connectivity index (χ0) is 13.0. The van der Waals surface area contributed by atoms with Gasteiger partial charge in [-0.2, -0.15) is 0 Å². The van der Waals surface area contributed by atoms with Crippen LogP contribution in [0.4, 0.5) is 5.69 Å². The number of anilines is 1. The first kappa shape index (κ1) is 12.2. The van der Waals surface area contributed by atoms with E-state index in [2.05, 4.69) is 4.98 Å². The van der Waals surface area contributed by atoms with Crippen molar-refractivity contribution in [2.75, 3.05) is 11.4 Å². The van der Waals surface area contributed by atoms with Gasteiger partial charge in [0.05, 0.1) is 6.54 Å². The second kappa shape index (κ2) is 5.35. The number of aromatic nitrogens is 2. The van der Waals surface area contributed by atoms with E-state index in [9.17, 15) is 4.79 Å². The Morgan fingerprint density at radius 3 is 2.67 bits per heavy atom. The van der Waals surface area contributed by atoms with Crippen molar-refractivity contribution in [3.8, 4) is 0 Å². The highest BCUT2D eigenvalue weighted by atomic mass is 16.4. The fourth-order valence-electron chi connectivity index (χ4n) is 1.76. The van der Waals surface area contributed by atoms with Crippen molar-refractivity contribution in [2.45, 2.75) is 6.54 Å². The van der Waals surface area contributed by atoms with Crippen molar-refractivity contribution in [3.05, 3.63) is 48.5 Å². The van der Waals surface area contributed by atoms with Crippen LogP contribution in [0.25, 0.3) is 0 Å². The van der Waals surface area contributed by atoms with Gasteiger partial charge in [0.1, 0.15) is 12.4 Å². The van der Waals surface area contributed by atoms with Crippen molar-refractivity contribution in [2.24, 2.45) is 7.05 Å². The van der Waals surface area contributed by atoms with Crippen molar-refractivity contribution >= 4 is 11.7 Å². The number of carboxylic acids is 1. The largest absolute Gasteiger partial charge is 0.480 e. The highest BCUT2D eigenvalue weighted by Crippen LogP contribution is 2.15. The van der Waals surface area contributed by atoms with Crippen LogP contribution in [0.15, 0.2) is 42.7 Å². The Kier molecular flexibility index (Phi) is 3.62. The summed E-state index contributed by atoms with van der Waals surface area (Å²) in [6, 6.07) is 9.48. The van der Waals surface area contributed by atoms with Crippen LogP contribution in [0.1, 0.15) is 5.82 Å². The van der Waals surface area contributed by atoms with E-state index in [4.69, 9.17) is 5.11 Å². The summed E-state index contributed by atoms with van der Waals surface area (Å²) in [5.41, 5.74) is 0.878. The highest BCUT2D eigenvalue weighted by Gasteiger charge is 2.13. The van der Waals surface area contributed by atoms with Gasteiger partial charge in [-0.15, -0.1) is 0 Å². The van der Waals surface area contributed by atoms with Crippen LogP contribution in [0.2, 0.25) is 0 Å². The molecule has 1 aromatic carbocycles. The molecule has 5 heteroatoms. The summed E-state index contributed by atoms with van der Waals surface area (Å²) in [4.78, 5) is 16.9. The minimum atomic E-state index is -0.854. The lowest BCUT2D eigenvalue weighted by molar-refractivity contribution is -0.135. The summed E-state index contributed by atoms with van der Waals surface area (Å²) in [5.74, 6) is -0.0202. The number of hydrogen-bond acceptors (Lipinski definition) is 3. The molecule has 2 aromatic rings. The van der Waals surface area contributed by atoms with E-state index in [0.717, 1.165) is 11.5 Å². The van der Waals surface area contributed by atoms with E-state index < -0.39 is 5.97 Å². The molecule has 0 unspecified atom stereocenters. The first-order valence-corrected chi connectivity index (χ1v) is 5.65. The second-order valence-corrected chi connectivity index (χ2v) is 4.04. The number of nitrogens with zero attached hydrogens (tertiary/aromatic N) is 3. The number of aliphatic carboxylic acids is 1. The lowest BCUT2D eigenvalue weighted by Crippen LogP contribution is -2.30. The van der Waals surface area contributed by atoms with Gasteiger partial charge in [-0.25, -0.2) is 4.98 Å². The molecule has 0 atom stereocenters. The van der Waals surface area contributed by atoms with Crippen molar-refractivity contribution in [1.29, 1.82) is 0 Å². The Morgan fingerprint density at radius 1 is 1.39 bits per heavy atom. The number of carbonyl (C=O) groups is 1. The quantitative estimate of drug-likeness (QED) is 0.867. The molecule has 1 heterocycles. The number of benzene rings is 1. The molecule has 0 aliphatic heterocycles. The topological polar surface area (TPSA) is 58.4 Å². The van der Waals surface area contributed by atoms with E-state index in [1.807, 2.05) is 48.1 Å². The summed E-state index contributed by atoms with van der Waals surface area (Å²) in [6.45, 7) is 0.427. The predicted molar refractivity (Wildman–Crippen MR) is 68.3 cm³/mol. The third-order valence-electron chi connectivity index (χ3n) is 2.70. The monoisotopic (exact) mass is 245 g/mol. The summed E-state index contributed by atoms with van der Waals surface area (Å²) < 4.78 is 1.89. The molecule has 0 aliphatic carbocycles. The van der Waals surface area contributed by atoms with Crippen LogP contribution in [0.5, 0.6) is 0 Å². The molecular weight excluding hydrogens is 230 g/mol. The standard InChI is InChI=1S/C13H15N3O2/c1-15-8-7-14-12(15)9-16(10-13(17)18)11-5-3-2-4-6-11/h2-8H,9-10H2,1H3,(H,17,18). The van der Waals surface area contributed by atoms with E-state index in [0.29, 0.717) is 6.54 Å². The van der Waals surface area contributed by atoms with Crippen LogP contribution in [-0.4, -0.2) is 27.2 Å². The maximum atomic E-state index is 10.9. The normalized spacial score (nSPS) is 10.3. The van der Waals surface area contributed by atoms with E-state index >= 15 is 0 Å². The van der Waals surface area contributed by atoms with Gasteiger partial charge in [-0.1, -0.05) is 18.2 Å². The molecule has 2 rings (SSSR count). The molecule has 0 bridgehead atoms. The van der Waals surface area contributed by atoms with Crippen molar-refractivity contribution in [1.82, 2.24) is 9.55 Å². The lowest BCUT2D eigenvalue weighted by atomic mass is 10.3. The number of para-hydroxylation sites is 1. The molecule has 0 fully saturated rings. The van der Waals surface area contributed by atoms with Crippen LogP contribution in [0.3, 0.4) is 0 Å². The number of carboxylic acid groups (broad SMARTS) is 1. The van der Waals surface area contributed by atoms with Crippen molar-refractivity contribution in [3.63, 3.8) is 0 Å². The van der Waals surface area contributed by atoms with E-state index in [1.165, 1.54) is 0 Å². The fourth-order valence-corrected chi connectivity index (χ4v) is 1.76. The summed E-state index contributed by atoms with van der Waals surface area (Å²) in [7, 11) is 1.90. The molecule has 0 amide bonds. The smallest absolute Gasteiger partial charge is 0.323 e. The van der Waals surface area contributed by atoms with Gasteiger partial charge < -0.3 is 14.6 Å². The molecule has 1 aromatic heterocycles. The summed E-state index contributed by atoms with van der Waals surface area (Å²) in [5, 5.41) is 8.97. The Labute approximate surface area is 105 Å². The Bertz CT molecular complexity index is 522. The first-order valence-electron chi connectivity index (χ1n) is 5.65. The molecule has 1 N–H and O–H groups in total. The first-order chi connectivity index (χ1) is 8.66. The second-order valence-electron chi connectivity index (χ2n) is 4.04. The molecule has 0 aliphatic rings. The van der Waals surface area contributed by atoms with Crippen LogP contribution >= 0.6 is 0 Å². The molecule has 0 saturated heterocycles. The number of aryl methyl sites for hydroxylation is 1. The van der Waals surface area contributed by atoms with Gasteiger partial charge in [0, 0.05) is 25.1 Å². The zero-order valence-corrected chi connectivity index (χ0v) is 10.2. The average molecular weight is 245 g/mol. The van der Waals surface area contributed by atoms with Gasteiger partial charge in [-0.05, 0) is 12.1 Å². The Hall–Kier alpha value is -2.30. The minimum absolute atomic E-state index is 0.0448. The van der Waals surface area contributed by atoms with Gasteiger partial charge in [0.15, 0.2) is 0 Å². The highest BCUT2D eigenvalue weighted by molar-refractivity contribution is 5.73. The maximum Gasteiger partial charge on any atom is 0.323 e.